The molecule has 0 bridgehead atoms. The van der Waals surface area contributed by atoms with E-state index in [1.807, 2.05) is 18.2 Å². The summed E-state index contributed by atoms with van der Waals surface area (Å²) in [6.45, 7) is 4.55. The average Bonchev–Trinajstić information content (AvgIpc) is 3.27. The smallest absolute Gasteiger partial charge is 0.0876 e. The van der Waals surface area contributed by atoms with Crippen LogP contribution < -0.4 is 0 Å². The Balaban J connectivity index is 1.98. The SMILES string of the molecule is CCC(C)N(C)C(=C1CCCC1)c1cc2ccccc2c(-c2ccccc2Cl)n1. The van der Waals surface area contributed by atoms with Gasteiger partial charge in [-0.3, -0.25) is 0 Å². The molecule has 1 heterocycles. The van der Waals surface area contributed by atoms with Crippen molar-refractivity contribution in [3.63, 3.8) is 0 Å². The largest absolute Gasteiger partial charge is 0.370 e. The van der Waals surface area contributed by atoms with Gasteiger partial charge in [0.25, 0.3) is 0 Å². The summed E-state index contributed by atoms with van der Waals surface area (Å²) in [6, 6.07) is 19.3. The lowest BCUT2D eigenvalue weighted by atomic mass is 10.00. The monoisotopic (exact) mass is 404 g/mol. The molecule has 150 valence electrons. The number of allylic oxidation sites excluding steroid dienone is 1. The molecular weight excluding hydrogens is 376 g/mol. The van der Waals surface area contributed by atoms with Gasteiger partial charge >= 0.3 is 0 Å². The molecule has 1 fully saturated rings. The first-order valence-electron chi connectivity index (χ1n) is 10.7. The number of hydrogen-bond donors (Lipinski definition) is 0. The fourth-order valence-electron chi connectivity index (χ4n) is 4.32. The number of nitrogens with zero attached hydrogens (tertiary/aromatic N) is 2. The summed E-state index contributed by atoms with van der Waals surface area (Å²) in [6.07, 6.45) is 6.01. The minimum atomic E-state index is 0.468. The van der Waals surface area contributed by atoms with Crippen LogP contribution in [0.3, 0.4) is 0 Å². The van der Waals surface area contributed by atoms with E-state index in [4.69, 9.17) is 16.6 Å². The normalized spacial score (nSPS) is 15.0. The Labute approximate surface area is 179 Å². The van der Waals surface area contributed by atoms with Crippen LogP contribution in [0.2, 0.25) is 5.02 Å². The van der Waals surface area contributed by atoms with Crippen LogP contribution in [-0.4, -0.2) is 23.0 Å². The van der Waals surface area contributed by atoms with E-state index in [-0.39, 0.29) is 0 Å². The third-order valence-corrected chi connectivity index (χ3v) is 6.59. The standard InChI is InChI=1S/C26H29ClN2/c1-4-18(2)29(3)26(19-11-5-6-12-19)24-17-20-13-7-8-14-21(20)25(28-24)22-15-9-10-16-23(22)27/h7-10,13-18H,4-6,11-12H2,1-3H3. The topological polar surface area (TPSA) is 16.1 Å². The predicted octanol–water partition coefficient (Wildman–Crippen LogP) is 7.57. The lowest BCUT2D eigenvalue weighted by Crippen LogP contribution is -2.28. The van der Waals surface area contributed by atoms with E-state index >= 15 is 0 Å². The lowest BCUT2D eigenvalue weighted by Gasteiger charge is -2.30. The molecule has 29 heavy (non-hydrogen) atoms. The summed E-state index contributed by atoms with van der Waals surface area (Å²) in [5, 5.41) is 3.10. The average molecular weight is 405 g/mol. The molecule has 1 unspecified atom stereocenters. The van der Waals surface area contributed by atoms with Crippen molar-refractivity contribution in [1.29, 1.82) is 0 Å². The Kier molecular flexibility index (Phi) is 5.91. The zero-order chi connectivity index (χ0) is 20.4. The first kappa shape index (κ1) is 20.0. The molecule has 0 aliphatic heterocycles. The molecule has 1 saturated carbocycles. The van der Waals surface area contributed by atoms with Gasteiger partial charge in [-0.05, 0) is 62.1 Å². The van der Waals surface area contributed by atoms with Crippen LogP contribution in [0.4, 0.5) is 0 Å². The summed E-state index contributed by atoms with van der Waals surface area (Å²) in [4.78, 5) is 7.67. The highest BCUT2D eigenvalue weighted by atomic mass is 35.5. The van der Waals surface area contributed by atoms with Crippen LogP contribution in [0.15, 0.2) is 60.2 Å². The highest BCUT2D eigenvalue weighted by molar-refractivity contribution is 6.33. The Hall–Kier alpha value is -2.32. The second-order valence-corrected chi connectivity index (χ2v) is 8.49. The van der Waals surface area contributed by atoms with E-state index in [0.29, 0.717) is 6.04 Å². The van der Waals surface area contributed by atoms with Gasteiger partial charge in [0, 0.05) is 29.1 Å². The fraction of sp³-hybridized carbons (Fsp3) is 0.346. The summed E-state index contributed by atoms with van der Waals surface area (Å²) in [5.41, 5.74) is 5.89. The van der Waals surface area contributed by atoms with Crippen LogP contribution >= 0.6 is 11.6 Å². The molecule has 1 aliphatic carbocycles. The van der Waals surface area contributed by atoms with Crippen LogP contribution in [0.1, 0.15) is 51.6 Å². The van der Waals surface area contributed by atoms with E-state index in [0.717, 1.165) is 33.8 Å². The second-order valence-electron chi connectivity index (χ2n) is 8.08. The number of rotatable bonds is 5. The van der Waals surface area contributed by atoms with E-state index in [2.05, 4.69) is 62.2 Å². The molecule has 1 aliphatic rings. The van der Waals surface area contributed by atoms with Crippen molar-refractivity contribution in [2.24, 2.45) is 0 Å². The summed E-state index contributed by atoms with van der Waals surface area (Å²) in [7, 11) is 2.22. The summed E-state index contributed by atoms with van der Waals surface area (Å²) >= 11 is 6.59. The zero-order valence-electron chi connectivity index (χ0n) is 17.6. The number of aromatic nitrogens is 1. The number of halogens is 1. The number of hydrogen-bond acceptors (Lipinski definition) is 2. The molecule has 1 aromatic heterocycles. The Bertz CT molecular complexity index is 1050. The van der Waals surface area contributed by atoms with Crippen LogP contribution in [-0.2, 0) is 0 Å². The van der Waals surface area contributed by atoms with E-state index < -0.39 is 0 Å². The molecule has 2 nitrogen and oxygen atoms in total. The molecule has 0 amide bonds. The van der Waals surface area contributed by atoms with Gasteiger partial charge in [0.1, 0.15) is 0 Å². The maximum absolute atomic E-state index is 6.59. The van der Waals surface area contributed by atoms with Gasteiger partial charge in [-0.1, -0.05) is 61.0 Å². The predicted molar refractivity (Wildman–Crippen MR) is 125 cm³/mol. The first-order valence-corrected chi connectivity index (χ1v) is 11.1. The van der Waals surface area contributed by atoms with Crippen molar-refractivity contribution >= 4 is 28.1 Å². The molecule has 3 heteroatoms. The second kappa shape index (κ2) is 8.59. The highest BCUT2D eigenvalue weighted by Gasteiger charge is 2.23. The summed E-state index contributed by atoms with van der Waals surface area (Å²) in [5.74, 6) is 0. The minimum Gasteiger partial charge on any atom is -0.370 e. The van der Waals surface area contributed by atoms with E-state index in [1.165, 1.54) is 36.8 Å². The Morgan fingerprint density at radius 1 is 1.07 bits per heavy atom. The van der Waals surface area contributed by atoms with Crippen LogP contribution in [0.5, 0.6) is 0 Å². The molecular formula is C26H29ClN2. The van der Waals surface area contributed by atoms with E-state index in [1.54, 1.807) is 5.57 Å². The fourth-order valence-corrected chi connectivity index (χ4v) is 4.55. The molecule has 0 N–H and O–H groups in total. The summed E-state index contributed by atoms with van der Waals surface area (Å²) < 4.78 is 0. The van der Waals surface area contributed by atoms with Gasteiger partial charge in [0.05, 0.1) is 17.1 Å². The molecule has 0 radical (unpaired) electrons. The molecule has 3 aromatic rings. The third kappa shape index (κ3) is 3.91. The first-order chi connectivity index (χ1) is 14.1. The van der Waals surface area contributed by atoms with Gasteiger partial charge in [0.2, 0.25) is 0 Å². The number of pyridine rings is 1. The van der Waals surface area contributed by atoms with Crippen molar-refractivity contribution < 1.29 is 0 Å². The van der Waals surface area contributed by atoms with Crippen LogP contribution in [0, 0.1) is 0 Å². The van der Waals surface area contributed by atoms with Gasteiger partial charge < -0.3 is 4.90 Å². The van der Waals surface area contributed by atoms with Crippen molar-refractivity contribution in [2.45, 2.75) is 52.0 Å². The lowest BCUT2D eigenvalue weighted by molar-refractivity contribution is 0.358. The van der Waals surface area contributed by atoms with Crippen LogP contribution in [0.25, 0.3) is 27.7 Å². The van der Waals surface area contributed by atoms with Gasteiger partial charge in [-0.2, -0.15) is 0 Å². The van der Waals surface area contributed by atoms with Crippen molar-refractivity contribution in [3.8, 4) is 11.3 Å². The highest BCUT2D eigenvalue weighted by Crippen LogP contribution is 2.38. The van der Waals surface area contributed by atoms with Gasteiger partial charge in [-0.25, -0.2) is 4.98 Å². The third-order valence-electron chi connectivity index (χ3n) is 6.26. The minimum absolute atomic E-state index is 0.468. The molecule has 2 aromatic carbocycles. The zero-order valence-corrected chi connectivity index (χ0v) is 18.3. The molecule has 1 atom stereocenters. The van der Waals surface area contributed by atoms with Gasteiger partial charge in [-0.15, -0.1) is 0 Å². The molecule has 0 spiro atoms. The Morgan fingerprint density at radius 2 is 1.76 bits per heavy atom. The Morgan fingerprint density at radius 3 is 2.48 bits per heavy atom. The maximum Gasteiger partial charge on any atom is 0.0876 e. The maximum atomic E-state index is 6.59. The van der Waals surface area contributed by atoms with Crippen molar-refractivity contribution in [1.82, 2.24) is 9.88 Å². The van der Waals surface area contributed by atoms with Gasteiger partial charge in [0.15, 0.2) is 0 Å². The van der Waals surface area contributed by atoms with Crippen molar-refractivity contribution in [3.05, 3.63) is 70.9 Å². The number of benzene rings is 2. The van der Waals surface area contributed by atoms with E-state index in [9.17, 15) is 0 Å². The molecule has 4 rings (SSSR count). The quantitative estimate of drug-likeness (QED) is 0.435. The number of fused-ring (bicyclic) bond motifs is 1. The van der Waals surface area contributed by atoms with Crippen molar-refractivity contribution in [2.75, 3.05) is 7.05 Å². The molecule has 0 saturated heterocycles.